The predicted octanol–water partition coefficient (Wildman–Crippen LogP) is 6.91. The number of aromatic nitrogens is 3. The lowest BCUT2D eigenvalue weighted by Crippen LogP contribution is -2.12. The molecule has 4 rings (SSSR count). The second-order valence-electron chi connectivity index (χ2n) is 7.27. The molecular formula is C24H17Cl2F3N4O2. The van der Waals surface area contributed by atoms with Crippen molar-refractivity contribution in [2.45, 2.75) is 13.1 Å². The minimum absolute atomic E-state index is 0.0249. The van der Waals surface area contributed by atoms with Gasteiger partial charge in [0.1, 0.15) is 0 Å². The van der Waals surface area contributed by atoms with Crippen LogP contribution >= 0.6 is 23.2 Å². The Morgan fingerprint density at radius 1 is 1.03 bits per heavy atom. The van der Waals surface area contributed by atoms with Crippen molar-refractivity contribution in [1.29, 1.82) is 0 Å². The third-order valence-corrected chi connectivity index (χ3v) is 5.60. The number of carbonyl (C=O) groups is 1. The van der Waals surface area contributed by atoms with Gasteiger partial charge >= 0.3 is 12.2 Å². The van der Waals surface area contributed by atoms with E-state index in [1.807, 2.05) is 0 Å². The topological polar surface area (TPSA) is 69.0 Å². The summed E-state index contributed by atoms with van der Waals surface area (Å²) in [4.78, 5) is 16.8. The van der Waals surface area contributed by atoms with Crippen LogP contribution in [0.15, 0.2) is 66.7 Å². The van der Waals surface area contributed by atoms with Crippen LogP contribution < -0.4 is 10.1 Å². The van der Waals surface area contributed by atoms with Gasteiger partial charge in [0.15, 0.2) is 5.82 Å². The van der Waals surface area contributed by atoms with Crippen molar-refractivity contribution in [3.63, 3.8) is 0 Å². The summed E-state index contributed by atoms with van der Waals surface area (Å²) in [6.07, 6.45) is -4.50. The number of benzene rings is 3. The average molecular weight is 521 g/mol. The summed E-state index contributed by atoms with van der Waals surface area (Å²) in [6, 6.07) is 15.9. The number of rotatable bonds is 6. The second-order valence-corrected chi connectivity index (χ2v) is 8.09. The minimum Gasteiger partial charge on any atom is -0.463 e. The molecule has 1 aromatic heterocycles. The van der Waals surface area contributed by atoms with Gasteiger partial charge in [-0.25, -0.2) is 4.68 Å². The molecule has 0 aliphatic rings. The summed E-state index contributed by atoms with van der Waals surface area (Å²) in [5.74, 6) is -0.215. The molecule has 1 heterocycles. The molecule has 6 nitrogen and oxygen atoms in total. The smallest absolute Gasteiger partial charge is 0.416 e. The van der Waals surface area contributed by atoms with Crippen LogP contribution in [0, 0.1) is 0 Å². The summed E-state index contributed by atoms with van der Waals surface area (Å²) >= 11 is 11.9. The summed E-state index contributed by atoms with van der Waals surface area (Å²) in [5.41, 5.74) is 0.727. The van der Waals surface area contributed by atoms with Gasteiger partial charge in [0, 0.05) is 16.8 Å². The number of nitrogens with one attached hydrogen (secondary N) is 1. The van der Waals surface area contributed by atoms with E-state index in [0.29, 0.717) is 22.0 Å². The number of amides is 1. The Morgan fingerprint density at radius 3 is 2.43 bits per heavy atom. The molecule has 0 atom stereocenters. The summed E-state index contributed by atoms with van der Waals surface area (Å²) in [6.45, 7) is 2.03. The average Bonchev–Trinajstić information content (AvgIpc) is 3.25. The Balaban J connectivity index is 1.64. The molecule has 1 amide bonds. The first kappa shape index (κ1) is 24.6. The molecule has 0 saturated heterocycles. The van der Waals surface area contributed by atoms with Crippen LogP contribution in [0.1, 0.15) is 22.8 Å². The zero-order valence-electron chi connectivity index (χ0n) is 18.1. The van der Waals surface area contributed by atoms with Crippen molar-refractivity contribution >= 4 is 34.8 Å². The van der Waals surface area contributed by atoms with Crippen LogP contribution in [0.4, 0.5) is 18.9 Å². The molecule has 0 radical (unpaired) electrons. The SMILES string of the molecule is CCOc1nc(-c2cccc(C(F)(F)F)c2)n(-c2ccc(NC(=O)c3ccc(Cl)c(Cl)c3)cc2)n1. The number of alkyl halides is 3. The van der Waals surface area contributed by atoms with Crippen molar-refractivity contribution in [2.24, 2.45) is 0 Å². The van der Waals surface area contributed by atoms with E-state index >= 15 is 0 Å². The highest BCUT2D eigenvalue weighted by Gasteiger charge is 2.31. The van der Waals surface area contributed by atoms with Crippen LogP contribution in [-0.2, 0) is 6.18 Å². The van der Waals surface area contributed by atoms with Crippen LogP contribution in [0.5, 0.6) is 6.01 Å². The minimum atomic E-state index is -4.50. The Morgan fingerprint density at radius 2 is 1.77 bits per heavy atom. The molecule has 0 bridgehead atoms. The first-order valence-corrected chi connectivity index (χ1v) is 11.1. The van der Waals surface area contributed by atoms with Gasteiger partial charge in [-0.2, -0.15) is 18.2 Å². The third-order valence-electron chi connectivity index (χ3n) is 4.86. The van der Waals surface area contributed by atoms with Crippen LogP contribution in [0.25, 0.3) is 17.1 Å². The van der Waals surface area contributed by atoms with E-state index in [2.05, 4.69) is 15.4 Å². The highest BCUT2D eigenvalue weighted by molar-refractivity contribution is 6.42. The van der Waals surface area contributed by atoms with Crippen molar-refractivity contribution in [3.8, 4) is 23.1 Å². The first-order chi connectivity index (χ1) is 16.7. The molecule has 0 saturated carbocycles. The quantitative estimate of drug-likeness (QED) is 0.300. The molecule has 35 heavy (non-hydrogen) atoms. The molecule has 180 valence electrons. The lowest BCUT2D eigenvalue weighted by atomic mass is 10.1. The predicted molar refractivity (Wildman–Crippen MR) is 127 cm³/mol. The molecule has 11 heteroatoms. The number of hydrogen-bond donors (Lipinski definition) is 1. The van der Waals surface area contributed by atoms with Gasteiger partial charge in [0.2, 0.25) is 0 Å². The van der Waals surface area contributed by atoms with E-state index in [4.69, 9.17) is 27.9 Å². The molecule has 1 N–H and O–H groups in total. The number of carbonyl (C=O) groups excluding carboxylic acids is 1. The van der Waals surface area contributed by atoms with Crippen molar-refractivity contribution in [1.82, 2.24) is 14.8 Å². The second kappa shape index (κ2) is 9.97. The summed E-state index contributed by atoms with van der Waals surface area (Å²) in [5, 5.41) is 7.62. The zero-order chi connectivity index (χ0) is 25.2. The summed E-state index contributed by atoms with van der Waals surface area (Å²) < 4.78 is 46.4. The molecule has 0 fully saturated rings. The number of nitrogens with zero attached hydrogens (tertiary/aromatic N) is 3. The highest BCUT2D eigenvalue weighted by Crippen LogP contribution is 2.33. The van der Waals surface area contributed by atoms with Crippen LogP contribution in [0.3, 0.4) is 0 Å². The van der Waals surface area contributed by atoms with Crippen molar-refractivity contribution < 1.29 is 22.7 Å². The Labute approximate surface area is 208 Å². The normalized spacial score (nSPS) is 11.4. The number of hydrogen-bond acceptors (Lipinski definition) is 4. The standard InChI is InChI=1S/C24H17Cl2F3N4O2/c1-2-35-23-31-21(14-4-3-5-16(12-14)24(27,28)29)33(32-23)18-9-7-17(8-10-18)30-22(34)15-6-11-19(25)20(26)13-15/h3-13H,2H2,1H3,(H,30,34). The maximum Gasteiger partial charge on any atom is 0.416 e. The Bertz CT molecular complexity index is 1370. The van der Waals surface area contributed by atoms with Gasteiger partial charge in [0.25, 0.3) is 5.91 Å². The zero-order valence-corrected chi connectivity index (χ0v) is 19.6. The van der Waals surface area contributed by atoms with E-state index in [1.54, 1.807) is 37.3 Å². The fourth-order valence-corrected chi connectivity index (χ4v) is 3.51. The number of halogens is 5. The molecule has 3 aromatic carbocycles. The molecule has 0 unspecified atom stereocenters. The molecule has 0 aliphatic carbocycles. The van der Waals surface area contributed by atoms with Gasteiger partial charge in [-0.05, 0) is 61.5 Å². The Hall–Kier alpha value is -3.56. The number of anilines is 1. The van der Waals surface area contributed by atoms with Gasteiger partial charge < -0.3 is 10.1 Å². The first-order valence-electron chi connectivity index (χ1n) is 10.3. The molecule has 0 aliphatic heterocycles. The monoisotopic (exact) mass is 520 g/mol. The largest absolute Gasteiger partial charge is 0.463 e. The van der Waals surface area contributed by atoms with E-state index in [1.165, 1.54) is 28.9 Å². The molecule has 0 spiro atoms. The number of ether oxygens (including phenoxy) is 1. The maximum atomic E-state index is 13.2. The van der Waals surface area contributed by atoms with Crippen LogP contribution in [0.2, 0.25) is 10.0 Å². The van der Waals surface area contributed by atoms with Gasteiger partial charge in [-0.15, -0.1) is 5.10 Å². The third kappa shape index (κ3) is 5.58. The van der Waals surface area contributed by atoms with Crippen molar-refractivity contribution in [2.75, 3.05) is 11.9 Å². The van der Waals surface area contributed by atoms with Gasteiger partial charge in [-0.3, -0.25) is 4.79 Å². The van der Waals surface area contributed by atoms with Gasteiger partial charge in [-0.1, -0.05) is 35.3 Å². The highest BCUT2D eigenvalue weighted by atomic mass is 35.5. The molecule has 4 aromatic rings. The molecular weight excluding hydrogens is 504 g/mol. The van der Waals surface area contributed by atoms with E-state index < -0.39 is 11.7 Å². The fraction of sp³-hybridized carbons (Fsp3) is 0.125. The van der Waals surface area contributed by atoms with E-state index in [0.717, 1.165) is 12.1 Å². The Kier molecular flexibility index (Phi) is 7.00. The fourth-order valence-electron chi connectivity index (χ4n) is 3.21. The lowest BCUT2D eigenvalue weighted by molar-refractivity contribution is -0.137. The lowest BCUT2D eigenvalue weighted by Gasteiger charge is -2.10. The van der Waals surface area contributed by atoms with E-state index in [-0.39, 0.29) is 34.9 Å². The summed E-state index contributed by atoms with van der Waals surface area (Å²) in [7, 11) is 0. The van der Waals surface area contributed by atoms with E-state index in [9.17, 15) is 18.0 Å². The van der Waals surface area contributed by atoms with Crippen molar-refractivity contribution in [3.05, 3.63) is 87.9 Å². The van der Waals surface area contributed by atoms with Crippen LogP contribution in [-0.4, -0.2) is 27.3 Å². The maximum absolute atomic E-state index is 13.2. The van der Waals surface area contributed by atoms with Gasteiger partial charge in [0.05, 0.1) is 27.9 Å².